The molecule has 4 rings (SSSR count). The van der Waals surface area contributed by atoms with Gasteiger partial charge in [0.1, 0.15) is 12.7 Å². The van der Waals surface area contributed by atoms with E-state index in [9.17, 15) is 4.79 Å². The molecule has 0 radical (unpaired) electrons. The number of nitrogens with zero attached hydrogens (tertiary/aromatic N) is 4. The first kappa shape index (κ1) is 19.3. The van der Waals surface area contributed by atoms with E-state index in [1.54, 1.807) is 11.0 Å². The number of nitrogens with one attached hydrogen (secondary N) is 1. The maximum Gasteiger partial charge on any atom is 0.251 e. The number of likely N-dealkylation sites (tertiary alicyclic amines) is 1. The summed E-state index contributed by atoms with van der Waals surface area (Å²) in [6.07, 6.45) is 6.96. The van der Waals surface area contributed by atoms with Gasteiger partial charge in [0.2, 0.25) is 0 Å². The van der Waals surface area contributed by atoms with Crippen LogP contribution in [0, 0.1) is 0 Å². The molecule has 1 N–H and O–H groups in total. The monoisotopic (exact) mass is 389 g/mol. The topological polar surface area (TPSA) is 63.1 Å². The molecular weight excluding hydrogens is 362 g/mol. The second-order valence-corrected chi connectivity index (χ2v) is 7.66. The van der Waals surface area contributed by atoms with Crippen molar-refractivity contribution < 1.29 is 4.79 Å². The van der Waals surface area contributed by atoms with Gasteiger partial charge in [0, 0.05) is 24.7 Å². The van der Waals surface area contributed by atoms with Crippen LogP contribution in [0.5, 0.6) is 0 Å². The molecule has 0 aliphatic carbocycles. The summed E-state index contributed by atoms with van der Waals surface area (Å²) in [6.45, 7) is 4.92. The average Bonchev–Trinajstić information content (AvgIpc) is 3.30. The van der Waals surface area contributed by atoms with Crippen LogP contribution in [0.25, 0.3) is 5.69 Å². The number of rotatable bonds is 6. The maximum absolute atomic E-state index is 12.7. The predicted molar refractivity (Wildman–Crippen MR) is 113 cm³/mol. The Balaban J connectivity index is 1.43. The fraction of sp³-hybridized carbons (Fsp3) is 0.348. The molecule has 29 heavy (non-hydrogen) atoms. The molecule has 3 aromatic rings. The van der Waals surface area contributed by atoms with Gasteiger partial charge in [-0.1, -0.05) is 36.8 Å². The van der Waals surface area contributed by atoms with Gasteiger partial charge in [-0.2, -0.15) is 5.10 Å². The van der Waals surface area contributed by atoms with Gasteiger partial charge >= 0.3 is 0 Å². The molecule has 6 nitrogen and oxygen atoms in total. The molecule has 1 fully saturated rings. The summed E-state index contributed by atoms with van der Waals surface area (Å²) in [7, 11) is 0. The lowest BCUT2D eigenvalue weighted by molar-refractivity contribution is 0.0950. The molecule has 1 amide bonds. The molecule has 1 aromatic heterocycles. The van der Waals surface area contributed by atoms with Crippen LogP contribution < -0.4 is 5.32 Å². The second kappa shape index (κ2) is 9.01. The van der Waals surface area contributed by atoms with Gasteiger partial charge in [0.25, 0.3) is 5.91 Å². The van der Waals surface area contributed by atoms with Crippen LogP contribution in [-0.2, 0) is 13.1 Å². The molecule has 2 heterocycles. The molecule has 1 aliphatic heterocycles. The first-order valence-electron chi connectivity index (χ1n) is 10.2. The zero-order chi connectivity index (χ0) is 20.1. The molecule has 0 saturated carbocycles. The zero-order valence-corrected chi connectivity index (χ0v) is 16.8. The Labute approximate surface area is 171 Å². The highest BCUT2D eigenvalue weighted by Crippen LogP contribution is 2.21. The van der Waals surface area contributed by atoms with Crippen molar-refractivity contribution in [2.24, 2.45) is 0 Å². The first-order valence-corrected chi connectivity index (χ1v) is 10.2. The summed E-state index contributed by atoms with van der Waals surface area (Å²) in [5.41, 5.74) is 3.89. The summed E-state index contributed by atoms with van der Waals surface area (Å²) >= 11 is 0. The first-order chi connectivity index (χ1) is 14.2. The Bertz CT molecular complexity index is 953. The third-order valence-corrected chi connectivity index (χ3v) is 5.66. The summed E-state index contributed by atoms with van der Waals surface area (Å²) in [6, 6.07) is 16.4. The van der Waals surface area contributed by atoms with E-state index in [1.807, 2.05) is 30.3 Å². The quantitative estimate of drug-likeness (QED) is 0.700. The Morgan fingerprint density at radius 3 is 2.79 bits per heavy atom. The van der Waals surface area contributed by atoms with Crippen LogP contribution in [0.4, 0.5) is 0 Å². The van der Waals surface area contributed by atoms with Gasteiger partial charge in [-0.3, -0.25) is 9.69 Å². The van der Waals surface area contributed by atoms with Gasteiger partial charge in [-0.15, -0.1) is 0 Å². The largest absolute Gasteiger partial charge is 0.348 e. The van der Waals surface area contributed by atoms with Gasteiger partial charge in [-0.25, -0.2) is 9.67 Å². The Morgan fingerprint density at radius 2 is 2.00 bits per heavy atom. The minimum Gasteiger partial charge on any atom is -0.348 e. The van der Waals surface area contributed by atoms with Crippen LogP contribution >= 0.6 is 0 Å². The maximum atomic E-state index is 12.7. The van der Waals surface area contributed by atoms with Crippen molar-refractivity contribution in [3.63, 3.8) is 0 Å². The number of hydrogen-bond donors (Lipinski definition) is 1. The van der Waals surface area contributed by atoms with E-state index in [1.165, 1.54) is 36.7 Å². The molecule has 6 heteroatoms. The summed E-state index contributed by atoms with van der Waals surface area (Å²) in [5.74, 6) is -0.0897. The van der Waals surface area contributed by atoms with Crippen LogP contribution in [0.15, 0.2) is 61.2 Å². The van der Waals surface area contributed by atoms with Crippen molar-refractivity contribution in [1.29, 1.82) is 0 Å². The van der Waals surface area contributed by atoms with Gasteiger partial charge in [0.05, 0.1) is 5.69 Å². The zero-order valence-electron chi connectivity index (χ0n) is 16.8. The molecule has 0 spiro atoms. The van der Waals surface area contributed by atoms with Crippen molar-refractivity contribution in [3.05, 3.63) is 77.9 Å². The number of carbonyl (C=O) groups excluding carboxylic acids is 1. The van der Waals surface area contributed by atoms with Crippen molar-refractivity contribution in [3.8, 4) is 5.69 Å². The SMILES string of the molecule is CC1CCCCN1Cc1ccccc1CNC(=O)c1cccc(-n2cncn2)c1. The Kier molecular flexibility index (Phi) is 6.00. The van der Waals surface area contributed by atoms with Gasteiger partial charge < -0.3 is 5.32 Å². The van der Waals surface area contributed by atoms with Crippen LogP contribution in [0.2, 0.25) is 0 Å². The van der Waals surface area contributed by atoms with E-state index in [0.29, 0.717) is 18.2 Å². The van der Waals surface area contributed by atoms with Gasteiger partial charge in [-0.05, 0) is 55.6 Å². The predicted octanol–water partition coefficient (Wildman–Crippen LogP) is 3.57. The number of hydrogen-bond acceptors (Lipinski definition) is 4. The van der Waals surface area contributed by atoms with Crippen LogP contribution in [-0.4, -0.2) is 38.2 Å². The van der Waals surface area contributed by atoms with E-state index in [2.05, 4.69) is 45.4 Å². The summed E-state index contributed by atoms with van der Waals surface area (Å²) < 4.78 is 1.64. The number of benzene rings is 2. The fourth-order valence-electron chi connectivity index (χ4n) is 3.90. The third-order valence-electron chi connectivity index (χ3n) is 5.66. The lowest BCUT2D eigenvalue weighted by Gasteiger charge is -2.33. The molecular formula is C23H27N5O. The average molecular weight is 390 g/mol. The molecule has 1 unspecified atom stereocenters. The standard InChI is InChI=1S/C23H27N5O/c1-18-7-4-5-12-27(18)15-21-9-3-2-8-20(21)14-25-23(29)19-10-6-11-22(13-19)28-17-24-16-26-28/h2-3,6,8-11,13,16-18H,4-5,7,12,14-15H2,1H3,(H,25,29). The van der Waals surface area contributed by atoms with E-state index >= 15 is 0 Å². The smallest absolute Gasteiger partial charge is 0.251 e. The number of aromatic nitrogens is 3. The number of carbonyl (C=O) groups is 1. The van der Waals surface area contributed by atoms with E-state index in [-0.39, 0.29) is 5.91 Å². The van der Waals surface area contributed by atoms with E-state index < -0.39 is 0 Å². The van der Waals surface area contributed by atoms with Crippen molar-refractivity contribution in [2.45, 2.75) is 45.3 Å². The molecule has 1 aliphatic rings. The molecule has 1 saturated heterocycles. The van der Waals surface area contributed by atoms with E-state index in [0.717, 1.165) is 18.8 Å². The van der Waals surface area contributed by atoms with Gasteiger partial charge in [0.15, 0.2) is 0 Å². The molecule has 1 atom stereocenters. The number of amides is 1. The van der Waals surface area contributed by atoms with Crippen LogP contribution in [0.1, 0.15) is 47.7 Å². The Hall–Kier alpha value is -2.99. The van der Waals surface area contributed by atoms with E-state index in [4.69, 9.17) is 0 Å². The Morgan fingerprint density at radius 1 is 1.14 bits per heavy atom. The van der Waals surface area contributed by atoms with Crippen LogP contribution in [0.3, 0.4) is 0 Å². The lowest BCUT2D eigenvalue weighted by Crippen LogP contribution is -2.37. The number of piperidine rings is 1. The third kappa shape index (κ3) is 4.71. The second-order valence-electron chi connectivity index (χ2n) is 7.66. The minimum absolute atomic E-state index is 0.0897. The van der Waals surface area contributed by atoms with Crippen molar-refractivity contribution in [1.82, 2.24) is 25.0 Å². The fourth-order valence-corrected chi connectivity index (χ4v) is 3.90. The molecule has 2 aromatic carbocycles. The highest BCUT2D eigenvalue weighted by Gasteiger charge is 2.19. The minimum atomic E-state index is -0.0897. The summed E-state index contributed by atoms with van der Waals surface area (Å²) in [4.78, 5) is 19.2. The lowest BCUT2D eigenvalue weighted by atomic mass is 10.0. The highest BCUT2D eigenvalue weighted by atomic mass is 16.1. The normalized spacial score (nSPS) is 17.2. The highest BCUT2D eigenvalue weighted by molar-refractivity contribution is 5.94. The summed E-state index contributed by atoms with van der Waals surface area (Å²) in [5, 5.41) is 7.20. The van der Waals surface area contributed by atoms with Crippen molar-refractivity contribution in [2.75, 3.05) is 6.54 Å². The molecule has 150 valence electrons. The molecule has 0 bridgehead atoms. The van der Waals surface area contributed by atoms with Crippen molar-refractivity contribution >= 4 is 5.91 Å².